The van der Waals surface area contributed by atoms with Crippen molar-refractivity contribution in [1.82, 2.24) is 4.98 Å². The van der Waals surface area contributed by atoms with Crippen LogP contribution >= 0.6 is 0 Å². The van der Waals surface area contributed by atoms with Crippen LogP contribution in [0.25, 0.3) is 10.9 Å². The first-order valence-corrected chi connectivity index (χ1v) is 7.94. The number of ether oxygens (including phenoxy) is 1. The van der Waals surface area contributed by atoms with Crippen LogP contribution in [0, 0.1) is 13.8 Å². The highest BCUT2D eigenvalue weighted by atomic mass is 16.5. The second-order valence-corrected chi connectivity index (χ2v) is 5.82. The molecule has 3 rings (SSSR count). The Labute approximate surface area is 141 Å². The van der Waals surface area contributed by atoms with Crippen LogP contribution in [0.4, 0.5) is 5.69 Å². The van der Waals surface area contributed by atoms with Gasteiger partial charge in [0, 0.05) is 11.6 Å². The number of hydrogen-bond acceptors (Lipinski definition) is 3. The molecule has 4 heteroatoms. The maximum Gasteiger partial charge on any atom is 0.265 e. The normalized spacial score (nSPS) is 12.0. The van der Waals surface area contributed by atoms with E-state index in [4.69, 9.17) is 4.74 Å². The lowest BCUT2D eigenvalue weighted by molar-refractivity contribution is -0.122. The van der Waals surface area contributed by atoms with E-state index in [9.17, 15) is 4.79 Å². The molecule has 122 valence electrons. The first-order valence-electron chi connectivity index (χ1n) is 7.94. The third-order valence-corrected chi connectivity index (χ3v) is 4.13. The molecule has 4 nitrogen and oxygen atoms in total. The Hall–Kier alpha value is -2.88. The maximum atomic E-state index is 12.5. The van der Waals surface area contributed by atoms with Gasteiger partial charge in [0.2, 0.25) is 0 Å². The summed E-state index contributed by atoms with van der Waals surface area (Å²) in [4.78, 5) is 16.8. The van der Waals surface area contributed by atoms with Crippen LogP contribution in [0.15, 0.2) is 54.7 Å². The molecule has 0 aliphatic carbocycles. The summed E-state index contributed by atoms with van der Waals surface area (Å²) in [7, 11) is 0. The number of hydrogen-bond donors (Lipinski definition) is 1. The number of aryl methyl sites for hydroxylation is 1. The van der Waals surface area contributed by atoms with Crippen molar-refractivity contribution >= 4 is 22.5 Å². The van der Waals surface area contributed by atoms with Crippen molar-refractivity contribution in [3.05, 3.63) is 65.9 Å². The number of anilines is 1. The molecule has 1 N–H and O–H groups in total. The van der Waals surface area contributed by atoms with E-state index in [1.807, 2.05) is 62.4 Å². The predicted octanol–water partition coefficient (Wildman–Crippen LogP) is 4.26. The first kappa shape index (κ1) is 16.0. The van der Waals surface area contributed by atoms with Gasteiger partial charge in [-0.3, -0.25) is 9.78 Å². The largest absolute Gasteiger partial charge is 0.481 e. The zero-order valence-electron chi connectivity index (χ0n) is 14.0. The number of amides is 1. The molecule has 0 saturated carbocycles. The Kier molecular flexibility index (Phi) is 4.47. The molecule has 0 radical (unpaired) electrons. The van der Waals surface area contributed by atoms with Gasteiger partial charge in [0.05, 0.1) is 11.2 Å². The van der Waals surface area contributed by atoms with Crippen LogP contribution in [0.5, 0.6) is 5.75 Å². The summed E-state index contributed by atoms with van der Waals surface area (Å²) >= 11 is 0. The van der Waals surface area contributed by atoms with Gasteiger partial charge < -0.3 is 10.1 Å². The van der Waals surface area contributed by atoms with E-state index in [0.717, 1.165) is 33.5 Å². The summed E-state index contributed by atoms with van der Waals surface area (Å²) < 4.78 is 5.84. The van der Waals surface area contributed by atoms with Crippen LogP contribution in [-0.4, -0.2) is 17.0 Å². The van der Waals surface area contributed by atoms with Crippen LogP contribution in [0.2, 0.25) is 0 Å². The predicted molar refractivity (Wildman–Crippen MR) is 96.4 cm³/mol. The lowest BCUT2D eigenvalue weighted by atomic mass is 10.1. The minimum Gasteiger partial charge on any atom is -0.481 e. The van der Waals surface area contributed by atoms with Gasteiger partial charge in [-0.15, -0.1) is 0 Å². The summed E-state index contributed by atoms with van der Waals surface area (Å²) in [6.07, 6.45) is 1.14. The van der Waals surface area contributed by atoms with E-state index in [1.165, 1.54) is 0 Å². The fraction of sp³-hybridized carbons (Fsp3) is 0.200. The molecule has 24 heavy (non-hydrogen) atoms. The summed E-state index contributed by atoms with van der Waals surface area (Å²) in [5, 5.41) is 3.84. The van der Waals surface area contributed by atoms with Crippen molar-refractivity contribution in [3.63, 3.8) is 0 Å². The number of pyridine rings is 1. The maximum absolute atomic E-state index is 12.5. The van der Waals surface area contributed by atoms with E-state index in [1.54, 1.807) is 13.1 Å². The Morgan fingerprint density at radius 3 is 2.71 bits per heavy atom. The molecular formula is C20H20N2O2. The second kappa shape index (κ2) is 6.71. The summed E-state index contributed by atoms with van der Waals surface area (Å²) in [5.74, 6) is 0.546. The number of aromatic nitrogens is 1. The highest BCUT2D eigenvalue weighted by Gasteiger charge is 2.17. The second-order valence-electron chi connectivity index (χ2n) is 5.82. The fourth-order valence-electron chi connectivity index (χ4n) is 2.54. The smallest absolute Gasteiger partial charge is 0.265 e. The average Bonchev–Trinajstić information content (AvgIpc) is 2.59. The highest BCUT2D eigenvalue weighted by molar-refractivity contribution is 6.02. The molecule has 0 fully saturated rings. The third-order valence-electron chi connectivity index (χ3n) is 4.13. The Bertz CT molecular complexity index is 884. The van der Waals surface area contributed by atoms with Crippen LogP contribution in [0.1, 0.15) is 18.1 Å². The van der Waals surface area contributed by atoms with Gasteiger partial charge in [0.1, 0.15) is 5.75 Å². The highest BCUT2D eigenvalue weighted by Crippen LogP contribution is 2.24. The molecule has 0 saturated heterocycles. The number of carbonyl (C=O) groups excluding carboxylic acids is 1. The van der Waals surface area contributed by atoms with Crippen molar-refractivity contribution < 1.29 is 9.53 Å². The minimum absolute atomic E-state index is 0.188. The van der Waals surface area contributed by atoms with Gasteiger partial charge in [-0.1, -0.05) is 18.2 Å². The van der Waals surface area contributed by atoms with Crippen LogP contribution in [-0.2, 0) is 4.79 Å². The van der Waals surface area contributed by atoms with Crippen molar-refractivity contribution in [2.24, 2.45) is 0 Å². The molecular weight excluding hydrogens is 300 g/mol. The van der Waals surface area contributed by atoms with Crippen LogP contribution < -0.4 is 10.1 Å². The standard InChI is InChI=1S/C20H20N2O2/c1-13-7-4-11-19(14(13)2)24-15(3)20(23)22-18-10-5-9-17-16(18)8-6-12-21-17/h4-12,15H,1-3H3,(H,22,23)/t15-/m1/s1. The number of benzene rings is 2. The van der Waals surface area contributed by atoms with Gasteiger partial charge in [-0.25, -0.2) is 0 Å². The molecule has 2 aromatic carbocycles. The molecule has 3 aromatic rings. The number of nitrogens with zero attached hydrogens (tertiary/aromatic N) is 1. The SMILES string of the molecule is Cc1cccc(O[C@H](C)C(=O)Nc2cccc3ncccc23)c1C. The Morgan fingerprint density at radius 2 is 1.88 bits per heavy atom. The third kappa shape index (κ3) is 3.23. The monoisotopic (exact) mass is 320 g/mol. The number of carbonyl (C=O) groups is 1. The fourth-order valence-corrected chi connectivity index (χ4v) is 2.54. The Morgan fingerprint density at radius 1 is 1.08 bits per heavy atom. The van der Waals surface area contributed by atoms with Gasteiger partial charge in [-0.2, -0.15) is 0 Å². The number of rotatable bonds is 4. The summed E-state index contributed by atoms with van der Waals surface area (Å²) in [5.41, 5.74) is 3.77. The van der Waals surface area contributed by atoms with Crippen LogP contribution in [0.3, 0.4) is 0 Å². The number of nitrogens with one attached hydrogen (secondary N) is 1. The van der Waals surface area contributed by atoms with Gasteiger partial charge in [0.25, 0.3) is 5.91 Å². The zero-order valence-corrected chi connectivity index (χ0v) is 14.0. The summed E-state index contributed by atoms with van der Waals surface area (Å²) in [6.45, 7) is 5.77. The molecule has 1 aromatic heterocycles. The van der Waals surface area contributed by atoms with E-state index in [-0.39, 0.29) is 5.91 Å². The molecule has 0 bridgehead atoms. The van der Waals surface area contributed by atoms with Crippen molar-refractivity contribution in [2.75, 3.05) is 5.32 Å². The quantitative estimate of drug-likeness (QED) is 0.781. The van der Waals surface area contributed by atoms with Gasteiger partial charge in [0.15, 0.2) is 6.10 Å². The van der Waals surface area contributed by atoms with E-state index >= 15 is 0 Å². The first-order chi connectivity index (χ1) is 11.6. The van der Waals surface area contributed by atoms with E-state index in [2.05, 4.69) is 10.3 Å². The van der Waals surface area contributed by atoms with Crippen molar-refractivity contribution in [1.29, 1.82) is 0 Å². The zero-order chi connectivity index (χ0) is 17.1. The Balaban J connectivity index is 1.77. The molecule has 1 atom stereocenters. The van der Waals surface area contributed by atoms with E-state index < -0.39 is 6.10 Å². The molecule has 0 unspecified atom stereocenters. The molecule has 1 amide bonds. The number of fused-ring (bicyclic) bond motifs is 1. The van der Waals surface area contributed by atoms with E-state index in [0.29, 0.717) is 0 Å². The average molecular weight is 320 g/mol. The van der Waals surface area contributed by atoms with Gasteiger partial charge in [-0.05, 0) is 62.2 Å². The van der Waals surface area contributed by atoms with Gasteiger partial charge >= 0.3 is 0 Å². The lowest BCUT2D eigenvalue weighted by Crippen LogP contribution is -2.30. The molecule has 1 heterocycles. The molecule has 0 aliphatic rings. The topological polar surface area (TPSA) is 51.2 Å². The minimum atomic E-state index is -0.600. The van der Waals surface area contributed by atoms with Crippen molar-refractivity contribution in [3.8, 4) is 5.75 Å². The lowest BCUT2D eigenvalue weighted by Gasteiger charge is -2.17. The molecule has 0 spiro atoms. The van der Waals surface area contributed by atoms with Crippen molar-refractivity contribution in [2.45, 2.75) is 26.9 Å². The summed E-state index contributed by atoms with van der Waals surface area (Å²) in [6, 6.07) is 15.3. The molecule has 0 aliphatic heterocycles.